The van der Waals surface area contributed by atoms with Gasteiger partial charge in [0.2, 0.25) is 5.78 Å². The zero-order chi connectivity index (χ0) is 23.9. The van der Waals surface area contributed by atoms with Gasteiger partial charge in [0.1, 0.15) is 22.8 Å². The second kappa shape index (κ2) is 6.74. The van der Waals surface area contributed by atoms with Crippen LogP contribution in [-0.2, 0) is 20.0 Å². The van der Waals surface area contributed by atoms with Gasteiger partial charge in [0.15, 0.2) is 17.2 Å². The lowest BCUT2D eigenvalue weighted by molar-refractivity contribution is -0.159. The summed E-state index contributed by atoms with van der Waals surface area (Å²) in [7, 11) is 3.09. The molecule has 0 heterocycles. The first kappa shape index (κ1) is 22.2. The molecule has 9 heteroatoms. The third-order valence-corrected chi connectivity index (χ3v) is 7.13. The summed E-state index contributed by atoms with van der Waals surface area (Å²) in [6, 6.07) is 3.14. The molecule has 1 fully saturated rings. The first-order chi connectivity index (χ1) is 14.8. The number of phenols is 1. The van der Waals surface area contributed by atoms with E-state index < -0.39 is 63.5 Å². The lowest BCUT2D eigenvalue weighted by Crippen LogP contribution is -2.66. The van der Waals surface area contributed by atoms with Gasteiger partial charge in [0, 0.05) is 17.4 Å². The van der Waals surface area contributed by atoms with Crippen molar-refractivity contribution in [2.45, 2.75) is 37.5 Å². The number of carbonyl (C=O) groups excluding carboxylic acids is 3. The Morgan fingerprint density at radius 1 is 1.12 bits per heavy atom. The second-order valence-electron chi connectivity index (χ2n) is 9.15. The van der Waals surface area contributed by atoms with E-state index >= 15 is 0 Å². The maximum absolute atomic E-state index is 13.7. The third kappa shape index (κ3) is 2.52. The number of rotatable bonds is 2. The largest absolute Gasteiger partial charge is 0.508 e. The zero-order valence-electron chi connectivity index (χ0n) is 18.1. The number of ketones is 3. The normalized spacial score (nSPS) is 34.4. The van der Waals surface area contributed by atoms with Crippen LogP contribution in [0.3, 0.4) is 0 Å². The highest BCUT2D eigenvalue weighted by atomic mass is 16.3. The number of carbonyl (C=O) groups is 3. The smallest absolute Gasteiger partial charge is 0.202 e. The minimum Gasteiger partial charge on any atom is -0.508 e. The van der Waals surface area contributed by atoms with Gasteiger partial charge in [0.05, 0.1) is 17.2 Å². The monoisotopic (exact) mass is 443 g/mol. The molecule has 0 aliphatic heterocycles. The molecular formula is C23H25NO8. The van der Waals surface area contributed by atoms with E-state index in [1.165, 1.54) is 30.0 Å². The van der Waals surface area contributed by atoms with Gasteiger partial charge in [-0.1, -0.05) is 12.1 Å². The molecule has 5 atom stereocenters. The molecular weight excluding hydrogens is 418 g/mol. The first-order valence-corrected chi connectivity index (χ1v) is 10.2. The fourth-order valence-electron chi connectivity index (χ4n) is 5.60. The molecule has 32 heavy (non-hydrogen) atoms. The number of likely N-dealkylation sites (N-methyl/N-ethyl adjacent to an activating group) is 1. The van der Waals surface area contributed by atoms with E-state index in [0.29, 0.717) is 0 Å². The number of fused-ring (bicyclic) bond motifs is 3. The van der Waals surface area contributed by atoms with Gasteiger partial charge in [0.25, 0.3) is 0 Å². The Hall–Kier alpha value is -3.01. The Morgan fingerprint density at radius 2 is 1.75 bits per heavy atom. The standard InChI is InChI=1S/C23H25NO8/c1-9(25)14-19(28)17(24(3)4)12-8-11-16(21(30)23(12,32)20(14)29)18(27)15-10(22(11,2)31)6-5-7-13(15)26/h5-7,11-12,17,26-27,29,31-32H,8H2,1-4H3/t11-,12-,17-,22+,23+/m0/s1. The topological polar surface area (TPSA) is 156 Å². The predicted octanol–water partition coefficient (Wildman–Crippen LogP) is 0.733. The van der Waals surface area contributed by atoms with Crippen LogP contribution in [-0.4, -0.2) is 73.5 Å². The number of Topliss-reactive ketones (excluding diaryl/α,β-unsaturated/α-hetero) is 3. The van der Waals surface area contributed by atoms with E-state index in [1.807, 2.05) is 0 Å². The Balaban J connectivity index is 2.05. The highest BCUT2D eigenvalue weighted by Crippen LogP contribution is 2.57. The lowest BCUT2D eigenvalue weighted by Gasteiger charge is -2.53. The van der Waals surface area contributed by atoms with Crippen LogP contribution in [0.1, 0.15) is 31.4 Å². The van der Waals surface area contributed by atoms with Gasteiger partial charge in [-0.15, -0.1) is 0 Å². The average Bonchev–Trinajstić information content (AvgIpc) is 2.68. The van der Waals surface area contributed by atoms with E-state index in [-0.39, 0.29) is 28.9 Å². The molecule has 0 radical (unpaired) electrons. The van der Waals surface area contributed by atoms with E-state index in [1.54, 1.807) is 14.1 Å². The van der Waals surface area contributed by atoms with Crippen molar-refractivity contribution in [1.29, 1.82) is 0 Å². The lowest BCUT2D eigenvalue weighted by atomic mass is 9.54. The van der Waals surface area contributed by atoms with Crippen LogP contribution in [0, 0.1) is 11.8 Å². The summed E-state index contributed by atoms with van der Waals surface area (Å²) < 4.78 is 0. The molecule has 0 amide bonds. The molecule has 1 saturated carbocycles. The molecule has 3 aliphatic carbocycles. The van der Waals surface area contributed by atoms with Crippen LogP contribution in [0.5, 0.6) is 5.75 Å². The Labute approximate surface area is 183 Å². The van der Waals surface area contributed by atoms with Gasteiger partial charge < -0.3 is 25.5 Å². The van der Waals surface area contributed by atoms with Crippen molar-refractivity contribution >= 4 is 23.1 Å². The molecule has 0 unspecified atom stereocenters. The van der Waals surface area contributed by atoms with Gasteiger partial charge in [-0.2, -0.15) is 0 Å². The van der Waals surface area contributed by atoms with Gasteiger partial charge >= 0.3 is 0 Å². The van der Waals surface area contributed by atoms with Crippen LogP contribution in [0.2, 0.25) is 0 Å². The second-order valence-corrected chi connectivity index (χ2v) is 9.15. The highest BCUT2D eigenvalue weighted by molar-refractivity contribution is 6.25. The fourth-order valence-corrected chi connectivity index (χ4v) is 5.60. The van der Waals surface area contributed by atoms with Crippen molar-refractivity contribution in [2.24, 2.45) is 11.8 Å². The molecule has 0 spiro atoms. The Morgan fingerprint density at radius 3 is 2.31 bits per heavy atom. The van der Waals surface area contributed by atoms with E-state index in [4.69, 9.17) is 0 Å². The van der Waals surface area contributed by atoms with Crippen molar-refractivity contribution < 1.29 is 39.9 Å². The maximum Gasteiger partial charge on any atom is 0.202 e. The zero-order valence-corrected chi connectivity index (χ0v) is 18.1. The summed E-state index contributed by atoms with van der Waals surface area (Å²) in [5.74, 6) is -6.95. The number of benzene rings is 1. The SMILES string of the molecule is CC(=O)C1=C(O)[C@@]2(O)C(=O)C3=C(O)c4c(O)cccc4[C@@](C)(O)[C@H]3C[C@H]2[C@H](N(C)C)C1=O. The molecule has 5 N–H and O–H groups in total. The van der Waals surface area contributed by atoms with Crippen LogP contribution >= 0.6 is 0 Å². The molecule has 4 rings (SSSR count). The van der Waals surface area contributed by atoms with E-state index in [0.717, 1.165) is 6.92 Å². The minimum atomic E-state index is -2.67. The number of aliphatic hydroxyl groups excluding tert-OH is 2. The minimum absolute atomic E-state index is 0.148. The molecule has 9 nitrogen and oxygen atoms in total. The summed E-state index contributed by atoms with van der Waals surface area (Å²) in [6.45, 7) is 2.47. The van der Waals surface area contributed by atoms with Gasteiger partial charge in [-0.25, -0.2) is 0 Å². The predicted molar refractivity (Wildman–Crippen MR) is 112 cm³/mol. The molecule has 0 aromatic heterocycles. The van der Waals surface area contributed by atoms with E-state index in [2.05, 4.69) is 0 Å². The molecule has 170 valence electrons. The molecule has 3 aliphatic rings. The molecule has 1 aromatic carbocycles. The van der Waals surface area contributed by atoms with Crippen molar-refractivity contribution in [3.05, 3.63) is 46.2 Å². The third-order valence-electron chi connectivity index (χ3n) is 7.13. The Bertz CT molecular complexity index is 1140. The number of aliphatic hydroxyl groups is 4. The number of hydrogen-bond donors (Lipinski definition) is 5. The van der Waals surface area contributed by atoms with Crippen molar-refractivity contribution in [1.82, 2.24) is 4.90 Å². The van der Waals surface area contributed by atoms with Crippen molar-refractivity contribution in [3.8, 4) is 5.75 Å². The summed E-state index contributed by atoms with van der Waals surface area (Å²) in [5.41, 5.74) is -5.40. The van der Waals surface area contributed by atoms with E-state index in [9.17, 15) is 39.9 Å². The highest BCUT2D eigenvalue weighted by Gasteiger charge is 2.66. The maximum atomic E-state index is 13.7. The summed E-state index contributed by atoms with van der Waals surface area (Å²) in [4.78, 5) is 40.4. The number of hydrogen-bond acceptors (Lipinski definition) is 9. The van der Waals surface area contributed by atoms with Crippen molar-refractivity contribution in [3.63, 3.8) is 0 Å². The summed E-state index contributed by atoms with van der Waals surface area (Å²) in [6.07, 6.45) is -0.159. The fraction of sp³-hybridized carbons (Fsp3) is 0.435. The van der Waals surface area contributed by atoms with Crippen LogP contribution < -0.4 is 0 Å². The summed E-state index contributed by atoms with van der Waals surface area (Å²) in [5, 5.41) is 55.1. The van der Waals surface area contributed by atoms with Crippen LogP contribution in [0.4, 0.5) is 0 Å². The van der Waals surface area contributed by atoms with Crippen molar-refractivity contribution in [2.75, 3.05) is 14.1 Å². The number of phenolic OH excluding ortho intramolecular Hbond substituents is 1. The average molecular weight is 443 g/mol. The molecule has 0 saturated heterocycles. The quantitative estimate of drug-likeness (QED) is 0.416. The number of aromatic hydroxyl groups is 1. The first-order valence-electron chi connectivity index (χ1n) is 10.2. The van der Waals surface area contributed by atoms with Gasteiger partial charge in [-0.05, 0) is 46.0 Å². The van der Waals surface area contributed by atoms with Crippen LogP contribution in [0.15, 0.2) is 35.1 Å². The summed E-state index contributed by atoms with van der Waals surface area (Å²) >= 11 is 0. The number of nitrogens with zero attached hydrogens (tertiary/aromatic N) is 1. The van der Waals surface area contributed by atoms with Gasteiger partial charge in [-0.3, -0.25) is 19.3 Å². The van der Waals surface area contributed by atoms with Crippen LogP contribution in [0.25, 0.3) is 5.76 Å². The Kier molecular flexibility index (Phi) is 4.68. The molecule has 1 aromatic rings. The molecule has 0 bridgehead atoms.